The monoisotopic (exact) mass is 648 g/mol. The van der Waals surface area contributed by atoms with E-state index in [-0.39, 0.29) is 32.5 Å². The lowest BCUT2D eigenvalue weighted by Gasteiger charge is -2.26. The van der Waals surface area contributed by atoms with Crippen molar-refractivity contribution in [3.8, 4) is 0 Å². The molecule has 0 aliphatic carbocycles. The molecule has 0 radical (unpaired) electrons. The molecule has 0 fully saturated rings. The van der Waals surface area contributed by atoms with E-state index in [9.17, 15) is 24.0 Å². The number of hydrogen-bond acceptors (Lipinski definition) is 10. The summed E-state index contributed by atoms with van der Waals surface area (Å²) in [6.07, 6.45) is 0.129. The molecule has 258 valence electrons. The Labute approximate surface area is 272 Å². The van der Waals surface area contributed by atoms with Crippen molar-refractivity contribution in [3.05, 3.63) is 35.9 Å². The molecule has 0 unspecified atom stereocenters. The lowest BCUT2D eigenvalue weighted by Crippen LogP contribution is -2.52. The molecule has 14 nitrogen and oxygen atoms in total. The third-order valence-corrected chi connectivity index (χ3v) is 5.93. The maximum absolute atomic E-state index is 13.4. The number of alkyl carbamates (subject to hydrolysis) is 2. The second-order valence-electron chi connectivity index (χ2n) is 12.8. The maximum atomic E-state index is 13.4. The van der Waals surface area contributed by atoms with Gasteiger partial charge in [-0.25, -0.2) is 14.6 Å². The predicted octanol–water partition coefficient (Wildman–Crippen LogP) is 3.25. The Morgan fingerprint density at radius 1 is 0.891 bits per heavy atom. The van der Waals surface area contributed by atoms with Crippen LogP contribution in [0.1, 0.15) is 79.2 Å². The number of nitrogens with one attached hydrogen (secondary N) is 4. The molecule has 4 amide bonds. The summed E-state index contributed by atoms with van der Waals surface area (Å²) in [6.45, 7) is 14.4. The number of hydrazine groups is 1. The quantitative estimate of drug-likeness (QED) is 0.0612. The van der Waals surface area contributed by atoms with Crippen LogP contribution in [-0.2, 0) is 35.2 Å². The second kappa shape index (κ2) is 20.0. The van der Waals surface area contributed by atoms with Gasteiger partial charge in [-0.1, -0.05) is 30.3 Å². The second-order valence-corrected chi connectivity index (χ2v) is 12.8. The number of esters is 1. The minimum atomic E-state index is -0.972. The first kappa shape index (κ1) is 39.8. The van der Waals surface area contributed by atoms with E-state index in [1.165, 1.54) is 12.1 Å². The Kier molecular flexibility index (Phi) is 17.3. The summed E-state index contributed by atoms with van der Waals surface area (Å²) in [6, 6.07) is 7.60. The van der Waals surface area contributed by atoms with Crippen LogP contribution in [0.15, 0.2) is 35.3 Å². The third-order valence-electron chi connectivity index (χ3n) is 5.93. The lowest BCUT2D eigenvalue weighted by atomic mass is 10.1. The fourth-order valence-electron chi connectivity index (χ4n) is 3.97. The van der Waals surface area contributed by atoms with Crippen molar-refractivity contribution in [1.29, 1.82) is 0 Å². The van der Waals surface area contributed by atoms with Crippen molar-refractivity contribution in [1.82, 2.24) is 26.4 Å². The van der Waals surface area contributed by atoms with Crippen molar-refractivity contribution in [3.63, 3.8) is 0 Å². The smallest absolute Gasteiger partial charge is 0.408 e. The third kappa shape index (κ3) is 20.0. The Morgan fingerprint density at radius 3 is 2.13 bits per heavy atom. The molecule has 1 aromatic carbocycles. The van der Waals surface area contributed by atoms with Crippen LogP contribution in [0.2, 0.25) is 0 Å². The standard InChI is InChI=1S/C32H52N6O8/c1-31(2,3)45-29(42)34-18-13-12-16-25(36-30(43)46-32(4,5)6)28(41)35-24(17-19-33-7)20-26(39)37-38(8)21-27(40)44-22-23-14-10-9-11-15-23/h9-11,14-15,24-25H,7,12-13,16-22H2,1-6,8H3,(H,34,42)(H,35,41)(H,36,43)(H,37,39)/t24-,25-/m0/s1. The Balaban J connectivity index is 2.74. The van der Waals surface area contributed by atoms with Crippen molar-refractivity contribution in [2.75, 3.05) is 26.7 Å². The zero-order valence-corrected chi connectivity index (χ0v) is 28.3. The molecule has 4 N–H and O–H groups in total. The number of nitrogens with zero attached hydrogens (tertiary/aromatic N) is 2. The van der Waals surface area contributed by atoms with Crippen molar-refractivity contribution >= 4 is 36.7 Å². The summed E-state index contributed by atoms with van der Waals surface area (Å²) in [4.78, 5) is 66.7. The van der Waals surface area contributed by atoms with Crippen LogP contribution in [0, 0.1) is 0 Å². The first-order chi connectivity index (χ1) is 21.5. The van der Waals surface area contributed by atoms with E-state index in [0.717, 1.165) is 5.56 Å². The van der Waals surface area contributed by atoms with Gasteiger partial charge in [0.05, 0.1) is 0 Å². The highest BCUT2D eigenvalue weighted by Crippen LogP contribution is 2.10. The average molecular weight is 649 g/mol. The van der Waals surface area contributed by atoms with Crippen LogP contribution in [-0.4, -0.2) is 91.7 Å². The molecule has 2 atom stereocenters. The molecule has 0 aliphatic rings. The fourth-order valence-corrected chi connectivity index (χ4v) is 3.97. The van der Waals surface area contributed by atoms with Gasteiger partial charge in [0.15, 0.2) is 0 Å². The van der Waals surface area contributed by atoms with Crippen LogP contribution in [0.3, 0.4) is 0 Å². The van der Waals surface area contributed by atoms with Crippen LogP contribution in [0.5, 0.6) is 0 Å². The molecule has 0 saturated carbocycles. The summed E-state index contributed by atoms with van der Waals surface area (Å²) >= 11 is 0. The normalized spacial score (nSPS) is 12.7. The highest BCUT2D eigenvalue weighted by atomic mass is 16.6. The molecule has 46 heavy (non-hydrogen) atoms. The van der Waals surface area contributed by atoms with Gasteiger partial charge in [0.1, 0.15) is 30.4 Å². The Morgan fingerprint density at radius 2 is 1.52 bits per heavy atom. The minimum absolute atomic E-state index is 0.114. The molecule has 0 aromatic heterocycles. The molecule has 1 rings (SSSR count). The highest BCUT2D eigenvalue weighted by Gasteiger charge is 2.27. The summed E-state index contributed by atoms with van der Waals surface area (Å²) in [5.74, 6) is -1.48. The van der Waals surface area contributed by atoms with Gasteiger partial charge >= 0.3 is 18.2 Å². The van der Waals surface area contributed by atoms with Crippen LogP contribution in [0.25, 0.3) is 0 Å². The minimum Gasteiger partial charge on any atom is -0.460 e. The Hall–Kier alpha value is -4.20. The number of likely N-dealkylation sites (N-methyl/N-ethyl adjacent to an activating group) is 1. The maximum Gasteiger partial charge on any atom is 0.408 e. The van der Waals surface area contributed by atoms with Gasteiger partial charge in [0.25, 0.3) is 0 Å². The van der Waals surface area contributed by atoms with E-state index in [2.05, 4.69) is 33.1 Å². The van der Waals surface area contributed by atoms with Gasteiger partial charge in [0, 0.05) is 32.6 Å². The van der Waals surface area contributed by atoms with E-state index in [4.69, 9.17) is 14.2 Å². The number of ether oxygens (including phenoxy) is 3. The molecule has 1 aromatic rings. The number of carbonyl (C=O) groups is 5. The molecule has 0 bridgehead atoms. The molecule has 14 heteroatoms. The van der Waals surface area contributed by atoms with Crippen molar-refractivity contribution in [2.45, 2.75) is 104 Å². The lowest BCUT2D eigenvalue weighted by molar-refractivity contribution is -0.147. The molecule has 0 saturated heterocycles. The fraction of sp³-hybridized carbons (Fsp3) is 0.625. The number of aliphatic imine (C=N–C) groups is 1. The van der Waals surface area contributed by atoms with Crippen molar-refractivity contribution < 1.29 is 38.2 Å². The Bertz CT molecular complexity index is 1130. The highest BCUT2D eigenvalue weighted by molar-refractivity contribution is 5.86. The number of unbranched alkanes of at least 4 members (excludes halogenated alkanes) is 1. The van der Waals surface area contributed by atoms with Gasteiger partial charge in [-0.05, 0) is 79.5 Å². The first-order valence-corrected chi connectivity index (χ1v) is 15.4. The first-order valence-electron chi connectivity index (χ1n) is 15.4. The molecule has 0 aliphatic heterocycles. The van der Waals surface area contributed by atoms with E-state index in [0.29, 0.717) is 25.8 Å². The number of rotatable bonds is 18. The topological polar surface area (TPSA) is 177 Å². The number of hydrogen-bond donors (Lipinski definition) is 4. The predicted molar refractivity (Wildman–Crippen MR) is 174 cm³/mol. The number of benzene rings is 1. The van der Waals surface area contributed by atoms with E-state index in [1.54, 1.807) is 41.5 Å². The van der Waals surface area contributed by atoms with E-state index < -0.39 is 53.3 Å². The van der Waals surface area contributed by atoms with E-state index >= 15 is 0 Å². The van der Waals surface area contributed by atoms with Crippen LogP contribution in [0.4, 0.5) is 9.59 Å². The SMILES string of the molecule is C=NCC[C@@H](CC(=O)NN(C)CC(=O)OCc1ccccc1)NC(=O)[C@H](CCCCNC(=O)OC(C)(C)C)NC(=O)OC(C)(C)C. The average Bonchev–Trinajstić information content (AvgIpc) is 2.92. The largest absolute Gasteiger partial charge is 0.460 e. The summed E-state index contributed by atoms with van der Waals surface area (Å²) < 4.78 is 15.8. The number of carbonyl (C=O) groups excluding carboxylic acids is 5. The summed E-state index contributed by atoms with van der Waals surface area (Å²) in [5.41, 5.74) is 2.05. The van der Waals surface area contributed by atoms with Gasteiger partial charge in [0.2, 0.25) is 11.8 Å². The molecule has 0 heterocycles. The zero-order chi connectivity index (χ0) is 34.8. The van der Waals surface area contributed by atoms with Gasteiger partial charge in [-0.15, -0.1) is 0 Å². The van der Waals surface area contributed by atoms with Gasteiger partial charge in [-0.2, -0.15) is 0 Å². The zero-order valence-electron chi connectivity index (χ0n) is 28.3. The molecular weight excluding hydrogens is 596 g/mol. The molecule has 0 spiro atoms. The van der Waals surface area contributed by atoms with Crippen LogP contribution >= 0.6 is 0 Å². The molecular formula is C32H52N6O8. The summed E-state index contributed by atoms with van der Waals surface area (Å²) in [7, 11) is 1.53. The summed E-state index contributed by atoms with van der Waals surface area (Å²) in [5, 5.41) is 9.42. The number of amides is 4. The van der Waals surface area contributed by atoms with Gasteiger partial charge in [-0.3, -0.25) is 19.8 Å². The van der Waals surface area contributed by atoms with E-state index in [1.807, 2.05) is 30.3 Å². The van der Waals surface area contributed by atoms with Gasteiger partial charge < -0.3 is 35.2 Å². The van der Waals surface area contributed by atoms with Crippen molar-refractivity contribution in [2.24, 2.45) is 4.99 Å². The van der Waals surface area contributed by atoms with Crippen LogP contribution < -0.4 is 21.4 Å².